The fraction of sp³-hybridized carbons (Fsp3) is 0.472. The zero-order valence-electron chi connectivity index (χ0n) is 27.0. The first-order valence-electron chi connectivity index (χ1n) is 16.6. The van der Waals surface area contributed by atoms with E-state index in [1.165, 1.54) is 37.4 Å². The van der Waals surface area contributed by atoms with E-state index in [1.807, 2.05) is 4.90 Å². The number of alkyl halides is 1. The number of carbonyl (C=O) groups is 1. The van der Waals surface area contributed by atoms with Gasteiger partial charge in [0.05, 0.1) is 24.1 Å². The molecule has 3 saturated heterocycles. The Kier molecular flexibility index (Phi) is 8.55. The summed E-state index contributed by atoms with van der Waals surface area (Å²) in [5.41, 5.74) is -0.917. The number of hydrogen-bond donors (Lipinski definition) is 1. The normalized spacial score (nSPS) is 23.1. The van der Waals surface area contributed by atoms with Crippen LogP contribution in [0.4, 0.5) is 23.4 Å². The van der Waals surface area contributed by atoms with Gasteiger partial charge in [-0.05, 0) is 91.2 Å². The molecule has 254 valence electrons. The monoisotopic (exact) mass is 666 g/mol. The number of carbonyl (C=O) groups excluding carboxylic acids is 1. The molecule has 4 heterocycles. The van der Waals surface area contributed by atoms with E-state index in [2.05, 4.69) is 14.9 Å². The van der Waals surface area contributed by atoms with E-state index in [9.17, 15) is 18.7 Å². The lowest BCUT2D eigenvalue weighted by Gasteiger charge is -2.31. The molecule has 1 aromatic heterocycles. The molecule has 0 aliphatic carbocycles. The Morgan fingerprint density at radius 3 is 2.69 bits per heavy atom. The van der Waals surface area contributed by atoms with Crippen LogP contribution in [0.1, 0.15) is 51.0 Å². The van der Waals surface area contributed by atoms with E-state index in [1.54, 1.807) is 6.92 Å². The molecule has 12 heteroatoms. The summed E-state index contributed by atoms with van der Waals surface area (Å²) in [6, 6.07) is 6.43. The predicted octanol–water partition coefficient (Wildman–Crippen LogP) is 6.87. The number of hydrogen-bond acceptors (Lipinski definition) is 8. The van der Waals surface area contributed by atoms with Crippen molar-refractivity contribution in [1.82, 2.24) is 14.9 Å². The summed E-state index contributed by atoms with van der Waals surface area (Å²) in [5.74, 6) is -3.07. The van der Waals surface area contributed by atoms with Gasteiger partial charge < -0.3 is 19.5 Å². The minimum Gasteiger partial charge on any atom is -0.508 e. The number of fused-ring (bicyclic) bond motifs is 3. The van der Waals surface area contributed by atoms with Crippen molar-refractivity contribution >= 4 is 33.5 Å². The zero-order chi connectivity index (χ0) is 33.7. The number of nitrogens with zero attached hydrogens (tertiary/aromatic N) is 4. The summed E-state index contributed by atoms with van der Waals surface area (Å²) in [6.45, 7) is 3.78. The van der Waals surface area contributed by atoms with Gasteiger partial charge in [-0.2, -0.15) is 9.97 Å². The van der Waals surface area contributed by atoms with Crippen molar-refractivity contribution in [2.75, 3.05) is 44.8 Å². The van der Waals surface area contributed by atoms with Crippen molar-refractivity contribution in [2.45, 2.75) is 63.6 Å². The minimum atomic E-state index is -1.01. The number of rotatable bonds is 7. The Bertz CT molecular complexity index is 1910. The molecule has 3 fully saturated rings. The van der Waals surface area contributed by atoms with Crippen molar-refractivity contribution in [1.29, 1.82) is 0 Å². The number of methoxy groups -OCH3 is 1. The van der Waals surface area contributed by atoms with E-state index >= 15 is 8.78 Å². The van der Waals surface area contributed by atoms with Gasteiger partial charge in [-0.3, -0.25) is 9.69 Å². The molecular formula is C36H38F4N4O4. The molecule has 0 radical (unpaired) electrons. The third-order valence-corrected chi connectivity index (χ3v) is 10.4. The Hall–Kier alpha value is -4.19. The molecule has 0 saturated carbocycles. The molecule has 7 rings (SSSR count). The van der Waals surface area contributed by atoms with Gasteiger partial charge in [0.25, 0.3) is 0 Å². The second-order valence-corrected chi connectivity index (χ2v) is 13.2. The van der Waals surface area contributed by atoms with E-state index in [-0.39, 0.29) is 64.5 Å². The van der Waals surface area contributed by atoms with Crippen LogP contribution in [-0.2, 0) is 16.0 Å². The molecule has 3 atom stereocenters. The summed E-state index contributed by atoms with van der Waals surface area (Å²) < 4.78 is 73.9. The average Bonchev–Trinajstić information content (AvgIpc) is 3.47. The molecule has 8 nitrogen and oxygen atoms in total. The average molecular weight is 667 g/mol. The molecule has 1 N–H and O–H groups in total. The maximum Gasteiger partial charge on any atom is 0.319 e. The van der Waals surface area contributed by atoms with Gasteiger partial charge in [0, 0.05) is 31.4 Å². The number of esters is 1. The van der Waals surface area contributed by atoms with Gasteiger partial charge in [0.1, 0.15) is 41.5 Å². The summed E-state index contributed by atoms with van der Waals surface area (Å²) in [5, 5.41) is 11.4. The van der Waals surface area contributed by atoms with Crippen molar-refractivity contribution in [3.63, 3.8) is 0 Å². The first-order valence-corrected chi connectivity index (χ1v) is 16.6. The van der Waals surface area contributed by atoms with Crippen LogP contribution in [0.5, 0.6) is 11.8 Å². The molecule has 3 aliphatic heterocycles. The van der Waals surface area contributed by atoms with E-state index < -0.39 is 34.7 Å². The van der Waals surface area contributed by atoms with Gasteiger partial charge in [-0.15, -0.1) is 0 Å². The highest BCUT2D eigenvalue weighted by molar-refractivity contribution is 6.03. The number of ether oxygens (including phenoxy) is 2. The maximum absolute atomic E-state index is 16.9. The van der Waals surface area contributed by atoms with Crippen LogP contribution in [0.2, 0.25) is 0 Å². The zero-order valence-corrected chi connectivity index (χ0v) is 27.0. The van der Waals surface area contributed by atoms with Crippen molar-refractivity contribution in [3.05, 3.63) is 53.3 Å². The highest BCUT2D eigenvalue weighted by Crippen LogP contribution is 2.43. The highest BCUT2D eigenvalue weighted by Gasteiger charge is 2.49. The van der Waals surface area contributed by atoms with Crippen LogP contribution in [-0.4, -0.2) is 77.6 Å². The van der Waals surface area contributed by atoms with Crippen LogP contribution in [0.15, 0.2) is 30.3 Å². The Morgan fingerprint density at radius 2 is 1.90 bits per heavy atom. The number of anilines is 1. The molecule has 3 aromatic carbocycles. The quantitative estimate of drug-likeness (QED) is 0.169. The summed E-state index contributed by atoms with van der Waals surface area (Å²) >= 11 is 0. The molecule has 1 unspecified atom stereocenters. The largest absolute Gasteiger partial charge is 0.508 e. The fourth-order valence-corrected chi connectivity index (χ4v) is 8.11. The molecule has 48 heavy (non-hydrogen) atoms. The van der Waals surface area contributed by atoms with E-state index in [4.69, 9.17) is 9.47 Å². The standard InChI is InChI=1S/C36H38F4N4O4/c1-3-24-27(38)8-7-21-14-23(45)15-25(29(21)24)30-28(39)16-26-32(31(30)40)41-35(48-19-36-10-5-12-44(36)18-22(37)17-36)42-33(26)43-11-4-6-20(9-13-43)34(46)47-2/h7-8,14-16,20,22,45H,3-6,9-13,17-19H2,1-2H3/t20?,22-,36+/m1/s1. The van der Waals surface area contributed by atoms with Crippen LogP contribution in [0, 0.1) is 23.4 Å². The van der Waals surface area contributed by atoms with Crippen molar-refractivity contribution in [3.8, 4) is 22.9 Å². The number of benzene rings is 3. The predicted molar refractivity (Wildman–Crippen MR) is 174 cm³/mol. The fourth-order valence-electron chi connectivity index (χ4n) is 8.11. The van der Waals surface area contributed by atoms with Gasteiger partial charge in [-0.25, -0.2) is 17.6 Å². The Balaban J connectivity index is 1.38. The van der Waals surface area contributed by atoms with Gasteiger partial charge in [-0.1, -0.05) is 13.0 Å². The SMILES string of the molecule is CCc1c(F)ccc2cc(O)cc(-c3c(F)cc4c(N5CCCC(C(=O)OC)CC5)nc(OC[C@@]56CCCN5C[C@H](F)C6)nc4c3F)c12. The first-order chi connectivity index (χ1) is 23.1. The maximum atomic E-state index is 16.9. The van der Waals surface area contributed by atoms with Gasteiger partial charge >= 0.3 is 12.0 Å². The lowest BCUT2D eigenvalue weighted by molar-refractivity contribution is -0.145. The molecule has 0 bridgehead atoms. The summed E-state index contributed by atoms with van der Waals surface area (Å²) in [6.07, 6.45) is 2.91. The number of halogens is 4. The third kappa shape index (κ3) is 5.57. The van der Waals surface area contributed by atoms with Crippen LogP contribution >= 0.6 is 0 Å². The first kappa shape index (κ1) is 32.4. The Labute approximate surface area is 275 Å². The lowest BCUT2D eigenvalue weighted by atomic mass is 9.91. The van der Waals surface area contributed by atoms with E-state index in [0.29, 0.717) is 56.1 Å². The number of phenolic OH excluding ortho intramolecular Hbond substituents is 1. The minimum absolute atomic E-state index is 0.00278. The van der Waals surface area contributed by atoms with Gasteiger partial charge in [0.2, 0.25) is 0 Å². The molecule has 0 amide bonds. The molecule has 3 aliphatic rings. The molecule has 4 aromatic rings. The second-order valence-electron chi connectivity index (χ2n) is 13.2. The van der Waals surface area contributed by atoms with Crippen molar-refractivity contribution < 1.29 is 36.9 Å². The Morgan fingerprint density at radius 1 is 1.06 bits per heavy atom. The van der Waals surface area contributed by atoms with E-state index in [0.717, 1.165) is 19.4 Å². The van der Waals surface area contributed by atoms with Crippen LogP contribution in [0.3, 0.4) is 0 Å². The van der Waals surface area contributed by atoms with Crippen molar-refractivity contribution in [2.24, 2.45) is 5.92 Å². The van der Waals surface area contributed by atoms with Crippen LogP contribution < -0.4 is 9.64 Å². The number of phenols is 1. The molecular weight excluding hydrogens is 628 g/mol. The topological polar surface area (TPSA) is 88.0 Å². The third-order valence-electron chi connectivity index (χ3n) is 10.4. The number of aromatic nitrogens is 2. The molecule has 0 spiro atoms. The van der Waals surface area contributed by atoms with Crippen LogP contribution in [0.25, 0.3) is 32.8 Å². The van der Waals surface area contributed by atoms with Gasteiger partial charge in [0.15, 0.2) is 5.82 Å². The second kappa shape index (κ2) is 12.7. The highest BCUT2D eigenvalue weighted by atomic mass is 19.1. The summed E-state index contributed by atoms with van der Waals surface area (Å²) in [4.78, 5) is 25.4. The lowest BCUT2D eigenvalue weighted by Crippen LogP contribution is -2.43. The number of aryl methyl sites for hydroxylation is 1. The summed E-state index contributed by atoms with van der Waals surface area (Å²) in [7, 11) is 1.35. The number of aromatic hydroxyl groups is 1. The smallest absolute Gasteiger partial charge is 0.319 e.